The largest absolute Gasteiger partial charge is 0.309 e. The van der Waals surface area contributed by atoms with Crippen LogP contribution in [0.15, 0.2) is 158 Å². The molecule has 0 amide bonds. The average molecular weight is 724 g/mol. The van der Waals surface area contributed by atoms with Gasteiger partial charge in [-0.1, -0.05) is 127 Å². The van der Waals surface area contributed by atoms with E-state index < -0.39 is 0 Å². The van der Waals surface area contributed by atoms with Gasteiger partial charge in [0.1, 0.15) is 0 Å². The van der Waals surface area contributed by atoms with Crippen molar-refractivity contribution >= 4 is 135 Å². The van der Waals surface area contributed by atoms with E-state index >= 15 is 0 Å². The summed E-state index contributed by atoms with van der Waals surface area (Å²) in [7, 11) is 0. The Hall–Kier alpha value is -5.72. The number of benzene rings is 8. The van der Waals surface area contributed by atoms with Crippen LogP contribution in [-0.2, 0) is 0 Å². The summed E-state index contributed by atoms with van der Waals surface area (Å²) < 4.78 is 8.03. The van der Waals surface area contributed by atoms with E-state index in [9.17, 15) is 0 Å². The molecule has 0 saturated heterocycles. The molecule has 0 fully saturated rings. The number of fused-ring (bicyclic) bond motifs is 15. The van der Waals surface area contributed by atoms with E-state index in [1.165, 1.54) is 116 Å². The molecule has 0 radical (unpaired) electrons. The fourth-order valence-electron chi connectivity index (χ4n) is 9.48. The second-order valence-electron chi connectivity index (χ2n) is 14.3. The third-order valence-corrected chi connectivity index (χ3v) is 15.3. The summed E-state index contributed by atoms with van der Waals surface area (Å²) in [4.78, 5) is 2.67. The zero-order valence-electron chi connectivity index (χ0n) is 28.3. The molecule has 5 heterocycles. The lowest BCUT2D eigenvalue weighted by molar-refractivity contribution is 1.34. The van der Waals surface area contributed by atoms with E-state index in [0.717, 1.165) is 0 Å². The molecule has 13 rings (SSSR count). The highest BCUT2D eigenvalue weighted by Crippen LogP contribution is 2.52. The topological polar surface area (TPSA) is 3.24 Å². The summed E-state index contributed by atoms with van der Waals surface area (Å²) in [5.74, 6) is 0. The Bertz CT molecular complexity index is 3380. The number of anilines is 3. The van der Waals surface area contributed by atoms with E-state index in [2.05, 4.69) is 163 Å². The van der Waals surface area contributed by atoms with Crippen molar-refractivity contribution < 1.29 is 0 Å². The SMILES string of the molecule is c1ccc2c(c1)B1c3ccc4c(sc5ccccc54)c3N(c3cccc4c3sc3ccccc34)c3cc(-c4cccc5c4sc4ccccc45)cc-2c31. The predicted molar refractivity (Wildman–Crippen MR) is 235 cm³/mol. The molecule has 0 bridgehead atoms. The third kappa shape index (κ3) is 3.76. The van der Waals surface area contributed by atoms with Gasteiger partial charge in [-0.2, -0.15) is 0 Å². The number of hydrogen-bond acceptors (Lipinski definition) is 4. The first-order chi connectivity index (χ1) is 26.3. The number of hydrogen-bond donors (Lipinski definition) is 0. The van der Waals surface area contributed by atoms with E-state index in [-0.39, 0.29) is 6.71 Å². The van der Waals surface area contributed by atoms with E-state index in [1.54, 1.807) is 0 Å². The third-order valence-electron chi connectivity index (χ3n) is 11.7. The molecule has 11 aromatic rings. The van der Waals surface area contributed by atoms with Crippen LogP contribution >= 0.6 is 34.0 Å². The standard InChI is InChI=1S/C48H26BNS3/c1-5-18-37-29(11-1)36-25-27(28-15-9-16-33-30-12-2-6-20-41(30)51-46(28)33)26-40-44(36)49(37)38-24-23-35-32-14-4-8-22-43(32)53-48(35)45(38)50(40)39-19-10-17-34-31-13-3-7-21-42(31)52-47(34)39/h1-26H. The zero-order valence-corrected chi connectivity index (χ0v) is 30.7. The van der Waals surface area contributed by atoms with Gasteiger partial charge in [0.15, 0.2) is 0 Å². The fraction of sp³-hybridized carbons (Fsp3) is 0. The van der Waals surface area contributed by atoms with Gasteiger partial charge in [0, 0.05) is 56.8 Å². The molecule has 0 spiro atoms. The van der Waals surface area contributed by atoms with Gasteiger partial charge < -0.3 is 4.90 Å². The lowest BCUT2D eigenvalue weighted by atomic mass is 9.37. The molecule has 1 nitrogen and oxygen atoms in total. The fourth-order valence-corrected chi connectivity index (χ4v) is 13.2. The Labute approximate surface area is 317 Å². The minimum Gasteiger partial charge on any atom is -0.309 e. The maximum Gasteiger partial charge on any atom is 0.248 e. The monoisotopic (exact) mass is 723 g/mol. The highest BCUT2D eigenvalue weighted by atomic mass is 32.1. The van der Waals surface area contributed by atoms with Crippen molar-refractivity contribution in [2.24, 2.45) is 0 Å². The molecule has 3 aromatic heterocycles. The number of nitrogens with zero attached hydrogens (tertiary/aromatic N) is 1. The van der Waals surface area contributed by atoms with Gasteiger partial charge in [-0.25, -0.2) is 0 Å². The van der Waals surface area contributed by atoms with Crippen molar-refractivity contribution in [3.8, 4) is 22.3 Å². The van der Waals surface area contributed by atoms with E-state index in [1.807, 2.05) is 34.0 Å². The van der Waals surface area contributed by atoms with E-state index in [4.69, 9.17) is 0 Å². The molecule has 53 heavy (non-hydrogen) atoms. The summed E-state index contributed by atoms with van der Waals surface area (Å²) >= 11 is 5.77. The molecule has 5 heteroatoms. The number of thiophene rings is 3. The molecule has 0 atom stereocenters. The molecule has 8 aromatic carbocycles. The minimum absolute atomic E-state index is 0.160. The van der Waals surface area contributed by atoms with Crippen LogP contribution in [0, 0.1) is 0 Å². The van der Waals surface area contributed by atoms with Gasteiger partial charge in [0.05, 0.1) is 20.8 Å². The first-order valence-electron chi connectivity index (χ1n) is 18.1. The second kappa shape index (κ2) is 10.5. The summed E-state index contributed by atoms with van der Waals surface area (Å²) in [6.07, 6.45) is 0. The molecule has 2 aliphatic rings. The van der Waals surface area contributed by atoms with Crippen LogP contribution in [0.2, 0.25) is 0 Å². The first kappa shape index (κ1) is 28.8. The molecule has 0 unspecified atom stereocenters. The Morgan fingerprint density at radius 2 is 0.943 bits per heavy atom. The Morgan fingerprint density at radius 1 is 0.377 bits per heavy atom. The highest BCUT2D eigenvalue weighted by molar-refractivity contribution is 7.27. The summed E-state index contributed by atoms with van der Waals surface area (Å²) in [6.45, 7) is 0.160. The molecule has 0 aliphatic carbocycles. The molecular formula is C48H26BNS3. The van der Waals surface area contributed by atoms with Gasteiger partial charge >= 0.3 is 0 Å². The van der Waals surface area contributed by atoms with E-state index in [0.29, 0.717) is 0 Å². The minimum atomic E-state index is 0.160. The van der Waals surface area contributed by atoms with Crippen molar-refractivity contribution in [3.63, 3.8) is 0 Å². The smallest absolute Gasteiger partial charge is 0.248 e. The molecule has 0 saturated carbocycles. The van der Waals surface area contributed by atoms with Gasteiger partial charge in [0.25, 0.3) is 0 Å². The van der Waals surface area contributed by atoms with Crippen molar-refractivity contribution in [2.75, 3.05) is 4.90 Å². The van der Waals surface area contributed by atoms with Gasteiger partial charge in [-0.15, -0.1) is 34.0 Å². The average Bonchev–Trinajstić information content (AvgIpc) is 3.97. The van der Waals surface area contributed by atoms with Crippen molar-refractivity contribution in [2.45, 2.75) is 0 Å². The van der Waals surface area contributed by atoms with Crippen molar-refractivity contribution in [1.82, 2.24) is 0 Å². The Morgan fingerprint density at radius 3 is 1.70 bits per heavy atom. The summed E-state index contributed by atoms with van der Waals surface area (Å²) in [5, 5.41) is 7.98. The van der Waals surface area contributed by atoms with Gasteiger partial charge in [-0.05, 0) is 69.6 Å². The van der Waals surface area contributed by atoms with Crippen molar-refractivity contribution in [1.29, 1.82) is 0 Å². The zero-order chi connectivity index (χ0) is 34.4. The van der Waals surface area contributed by atoms with Gasteiger partial charge in [0.2, 0.25) is 6.71 Å². The Balaban J connectivity index is 1.20. The normalized spacial score (nSPS) is 13.2. The van der Waals surface area contributed by atoms with Crippen LogP contribution < -0.4 is 21.3 Å². The summed E-state index contributed by atoms with van der Waals surface area (Å²) in [5.41, 5.74) is 13.4. The quantitative estimate of drug-likeness (QED) is 0.161. The molecule has 2 aliphatic heterocycles. The lowest BCUT2D eigenvalue weighted by Crippen LogP contribution is -2.54. The van der Waals surface area contributed by atoms with Crippen LogP contribution in [0.4, 0.5) is 17.1 Å². The predicted octanol–water partition coefficient (Wildman–Crippen LogP) is 12.7. The Kier molecular flexibility index (Phi) is 5.69. The van der Waals surface area contributed by atoms with Crippen LogP contribution in [0.25, 0.3) is 82.8 Å². The summed E-state index contributed by atoms with van der Waals surface area (Å²) in [6, 6.07) is 59.5. The lowest BCUT2D eigenvalue weighted by Gasteiger charge is -2.37. The van der Waals surface area contributed by atoms with Crippen LogP contribution in [0.5, 0.6) is 0 Å². The molecule has 244 valence electrons. The molecule has 0 N–H and O–H groups in total. The molecular weight excluding hydrogens is 698 g/mol. The number of rotatable bonds is 2. The maximum atomic E-state index is 2.67. The van der Waals surface area contributed by atoms with Crippen molar-refractivity contribution in [3.05, 3.63) is 158 Å². The van der Waals surface area contributed by atoms with Gasteiger partial charge in [-0.3, -0.25) is 0 Å². The second-order valence-corrected chi connectivity index (χ2v) is 17.5. The van der Waals surface area contributed by atoms with Crippen LogP contribution in [0.1, 0.15) is 0 Å². The highest BCUT2D eigenvalue weighted by Gasteiger charge is 2.44. The maximum absolute atomic E-state index is 2.67. The van der Waals surface area contributed by atoms with Crippen LogP contribution in [0.3, 0.4) is 0 Å². The first-order valence-corrected chi connectivity index (χ1v) is 20.6. The van der Waals surface area contributed by atoms with Crippen LogP contribution in [-0.4, -0.2) is 6.71 Å².